The van der Waals surface area contributed by atoms with E-state index in [-0.39, 0.29) is 24.8 Å². The van der Waals surface area contributed by atoms with Gasteiger partial charge in [0.2, 0.25) is 11.8 Å². The summed E-state index contributed by atoms with van der Waals surface area (Å²) in [5, 5.41) is 12.9. The van der Waals surface area contributed by atoms with Crippen LogP contribution in [0.25, 0.3) is 0 Å². The molecule has 0 radical (unpaired) electrons. The summed E-state index contributed by atoms with van der Waals surface area (Å²) >= 11 is 1.70. The third kappa shape index (κ3) is 3.79. The van der Waals surface area contributed by atoms with Gasteiger partial charge >= 0.3 is 5.97 Å². The fraction of sp³-hybridized carbons (Fsp3) is 0.714. The molecule has 7 nitrogen and oxygen atoms in total. The zero-order valence-electron chi connectivity index (χ0n) is 12.2. The van der Waals surface area contributed by atoms with Crippen molar-refractivity contribution >= 4 is 23.6 Å². The molecule has 2 fully saturated rings. The van der Waals surface area contributed by atoms with E-state index in [1.165, 1.54) is 0 Å². The highest BCUT2D eigenvalue weighted by Gasteiger charge is 2.30. The number of aryl methyl sites for hydroxylation is 1. The summed E-state index contributed by atoms with van der Waals surface area (Å²) in [5.41, 5.74) is 0. The van der Waals surface area contributed by atoms with Crippen molar-refractivity contribution in [3.63, 3.8) is 0 Å². The lowest BCUT2D eigenvalue weighted by atomic mass is 10.1. The molecule has 2 aliphatic rings. The molecule has 120 valence electrons. The van der Waals surface area contributed by atoms with Crippen LogP contribution in [0.5, 0.6) is 0 Å². The molecule has 1 amide bonds. The van der Waals surface area contributed by atoms with Crippen molar-refractivity contribution < 1.29 is 19.2 Å². The first kappa shape index (κ1) is 15.3. The van der Waals surface area contributed by atoms with Crippen LogP contribution in [0.3, 0.4) is 0 Å². The molecule has 1 aromatic rings. The van der Waals surface area contributed by atoms with E-state index in [0.717, 1.165) is 24.4 Å². The molecule has 1 N–H and O–H groups in total. The highest BCUT2D eigenvalue weighted by atomic mass is 32.2. The molecule has 0 spiro atoms. The summed E-state index contributed by atoms with van der Waals surface area (Å²) in [6.45, 7) is 0.610. The van der Waals surface area contributed by atoms with Gasteiger partial charge in [0.25, 0.3) is 0 Å². The van der Waals surface area contributed by atoms with Crippen LogP contribution in [-0.4, -0.2) is 56.1 Å². The normalized spacial score (nSPS) is 21.8. The Labute approximate surface area is 132 Å². The minimum Gasteiger partial charge on any atom is -0.481 e. The minimum absolute atomic E-state index is 0.00509. The van der Waals surface area contributed by atoms with Gasteiger partial charge in [-0.05, 0) is 12.8 Å². The van der Waals surface area contributed by atoms with Crippen molar-refractivity contribution in [1.29, 1.82) is 0 Å². The summed E-state index contributed by atoms with van der Waals surface area (Å²) in [6.07, 6.45) is 2.93. The summed E-state index contributed by atoms with van der Waals surface area (Å²) in [4.78, 5) is 29.3. The molecule has 1 atom stereocenters. The SMILES string of the molecule is O=C(O)C[C@H]1CSCCN1C(=O)CCc1nc(C2CC2)no1. The number of amides is 1. The third-order valence-corrected chi connectivity index (χ3v) is 5.03. The van der Waals surface area contributed by atoms with E-state index in [2.05, 4.69) is 10.1 Å². The van der Waals surface area contributed by atoms with Gasteiger partial charge in [-0.3, -0.25) is 9.59 Å². The molecule has 1 aliphatic carbocycles. The Morgan fingerprint density at radius 3 is 2.95 bits per heavy atom. The lowest BCUT2D eigenvalue weighted by Crippen LogP contribution is -2.47. The summed E-state index contributed by atoms with van der Waals surface area (Å²) in [6, 6.07) is -0.214. The largest absolute Gasteiger partial charge is 0.481 e. The van der Waals surface area contributed by atoms with Crippen molar-refractivity contribution in [1.82, 2.24) is 15.0 Å². The molecule has 0 bridgehead atoms. The van der Waals surface area contributed by atoms with Crippen LogP contribution in [0.2, 0.25) is 0 Å². The lowest BCUT2D eigenvalue weighted by molar-refractivity contribution is -0.140. The molecule has 0 aromatic carbocycles. The molecule has 22 heavy (non-hydrogen) atoms. The van der Waals surface area contributed by atoms with E-state index in [1.54, 1.807) is 16.7 Å². The predicted octanol–water partition coefficient (Wildman–Crippen LogP) is 1.30. The van der Waals surface area contributed by atoms with Crippen LogP contribution in [-0.2, 0) is 16.0 Å². The molecule has 3 rings (SSSR count). The van der Waals surface area contributed by atoms with E-state index in [4.69, 9.17) is 9.63 Å². The molecule has 1 aromatic heterocycles. The van der Waals surface area contributed by atoms with Crippen LogP contribution in [0.1, 0.15) is 43.3 Å². The summed E-state index contributed by atoms with van der Waals surface area (Å²) in [5.74, 6) is 2.33. The number of rotatable bonds is 6. The molecule has 1 saturated carbocycles. The Hall–Kier alpha value is -1.57. The zero-order valence-corrected chi connectivity index (χ0v) is 13.0. The number of nitrogens with zero attached hydrogens (tertiary/aromatic N) is 3. The Morgan fingerprint density at radius 1 is 1.41 bits per heavy atom. The second kappa shape index (κ2) is 6.68. The van der Waals surface area contributed by atoms with Crippen molar-refractivity contribution in [2.24, 2.45) is 0 Å². The third-order valence-electron chi connectivity index (χ3n) is 3.94. The number of carbonyl (C=O) groups is 2. The lowest BCUT2D eigenvalue weighted by Gasteiger charge is -2.34. The number of hydrogen-bond acceptors (Lipinski definition) is 6. The van der Waals surface area contributed by atoms with Crippen LogP contribution >= 0.6 is 11.8 Å². The fourth-order valence-electron chi connectivity index (χ4n) is 2.59. The maximum atomic E-state index is 12.4. The second-order valence-corrected chi connectivity index (χ2v) is 6.88. The molecule has 0 unspecified atom stereocenters. The van der Waals surface area contributed by atoms with Gasteiger partial charge in [-0.25, -0.2) is 0 Å². The van der Waals surface area contributed by atoms with Gasteiger partial charge in [-0.1, -0.05) is 5.16 Å². The monoisotopic (exact) mass is 325 g/mol. The second-order valence-electron chi connectivity index (χ2n) is 5.73. The van der Waals surface area contributed by atoms with Gasteiger partial charge in [0.05, 0.1) is 12.5 Å². The minimum atomic E-state index is -0.865. The fourth-order valence-corrected chi connectivity index (χ4v) is 3.65. The molecule has 2 heterocycles. The van der Waals surface area contributed by atoms with E-state index in [1.807, 2.05) is 0 Å². The number of hydrogen-bond donors (Lipinski definition) is 1. The maximum absolute atomic E-state index is 12.4. The Kier molecular flexibility index (Phi) is 4.66. The van der Waals surface area contributed by atoms with Gasteiger partial charge in [0.1, 0.15) is 0 Å². The first-order valence-electron chi connectivity index (χ1n) is 7.55. The predicted molar refractivity (Wildman–Crippen MR) is 79.7 cm³/mol. The Balaban J connectivity index is 1.53. The van der Waals surface area contributed by atoms with Crippen molar-refractivity contribution in [2.75, 3.05) is 18.1 Å². The van der Waals surface area contributed by atoms with E-state index in [9.17, 15) is 9.59 Å². The highest BCUT2D eigenvalue weighted by Crippen LogP contribution is 2.38. The average molecular weight is 325 g/mol. The Morgan fingerprint density at radius 2 is 2.23 bits per heavy atom. The molecule has 1 saturated heterocycles. The van der Waals surface area contributed by atoms with Crippen molar-refractivity contribution in [2.45, 2.75) is 44.1 Å². The standard InChI is InChI=1S/C14H19N3O4S/c18-12(17-5-6-22-8-10(17)7-13(19)20)4-3-11-15-14(16-21-11)9-1-2-9/h9-10H,1-8H2,(H,19,20)/t10-/m0/s1. The summed E-state index contributed by atoms with van der Waals surface area (Å²) in [7, 11) is 0. The smallest absolute Gasteiger partial charge is 0.305 e. The number of thioether (sulfide) groups is 1. The molecule has 8 heteroatoms. The highest BCUT2D eigenvalue weighted by molar-refractivity contribution is 7.99. The van der Waals surface area contributed by atoms with Gasteiger partial charge < -0.3 is 14.5 Å². The number of carboxylic acid groups (broad SMARTS) is 1. The van der Waals surface area contributed by atoms with E-state index >= 15 is 0 Å². The zero-order chi connectivity index (χ0) is 15.5. The van der Waals surface area contributed by atoms with Crippen LogP contribution in [0.15, 0.2) is 4.52 Å². The van der Waals surface area contributed by atoms with Crippen LogP contribution in [0, 0.1) is 0 Å². The van der Waals surface area contributed by atoms with E-state index < -0.39 is 5.97 Å². The van der Waals surface area contributed by atoms with Crippen LogP contribution in [0.4, 0.5) is 0 Å². The quantitative estimate of drug-likeness (QED) is 0.842. The van der Waals surface area contributed by atoms with Crippen LogP contribution < -0.4 is 0 Å². The first-order chi connectivity index (χ1) is 10.6. The van der Waals surface area contributed by atoms with Gasteiger partial charge in [0, 0.05) is 36.8 Å². The Bertz CT molecular complexity index is 558. The molecular weight excluding hydrogens is 306 g/mol. The maximum Gasteiger partial charge on any atom is 0.305 e. The van der Waals surface area contributed by atoms with Gasteiger partial charge in [-0.15, -0.1) is 0 Å². The number of aromatic nitrogens is 2. The van der Waals surface area contributed by atoms with Gasteiger partial charge in [0.15, 0.2) is 5.82 Å². The number of carbonyl (C=O) groups excluding carboxylic acids is 1. The van der Waals surface area contributed by atoms with E-state index in [0.29, 0.717) is 30.5 Å². The molecular formula is C14H19N3O4S. The molecule has 1 aliphatic heterocycles. The first-order valence-corrected chi connectivity index (χ1v) is 8.70. The average Bonchev–Trinajstić information content (AvgIpc) is 3.24. The number of carboxylic acids is 1. The number of aliphatic carboxylic acids is 1. The van der Waals surface area contributed by atoms with Crippen molar-refractivity contribution in [3.8, 4) is 0 Å². The summed E-state index contributed by atoms with van der Waals surface area (Å²) < 4.78 is 5.17. The topological polar surface area (TPSA) is 96.5 Å². The van der Waals surface area contributed by atoms with Crippen molar-refractivity contribution in [3.05, 3.63) is 11.7 Å². The van der Waals surface area contributed by atoms with Gasteiger partial charge in [-0.2, -0.15) is 16.7 Å².